The van der Waals surface area contributed by atoms with Crippen LogP contribution < -0.4 is 10.4 Å². The average molecular weight is 1260 g/mol. The van der Waals surface area contributed by atoms with E-state index in [1.165, 1.54) is 89.1 Å². The van der Waals surface area contributed by atoms with Crippen LogP contribution in [0.5, 0.6) is 0 Å². The first-order valence-corrected chi connectivity index (χ1v) is 53.7. The van der Waals surface area contributed by atoms with Gasteiger partial charge in [-0.2, -0.15) is 0 Å². The predicted octanol–water partition coefficient (Wildman–Crippen LogP) is 14.7. The number of hydrogen-bond donors (Lipinski definition) is 0. The SMILES string of the molecule is CCOOCCCCCCCCCCC[Si](C)(C)c1ccc([Si](C)(C)CCCCCCCC[Si](O[Si](C)(C)CCC[Si](OC)(OC)OC)(O[Si](C)(C)CCC[Si](OC)(OC)OC)O[Si](C)(C)CCC[Si](OC)(OC)OC)cc1. The van der Waals surface area contributed by atoms with Gasteiger partial charge in [0.25, 0.3) is 0 Å². The largest absolute Gasteiger partial charge is 0.500 e. The van der Waals surface area contributed by atoms with Gasteiger partial charge in [0.05, 0.1) is 29.4 Å². The third-order valence-corrected chi connectivity index (χ3v) is 47.6. The Bertz CT molecular complexity index is 1530. The van der Waals surface area contributed by atoms with Crippen LogP contribution in [-0.2, 0) is 62.0 Å². The summed E-state index contributed by atoms with van der Waals surface area (Å²) in [5.74, 6) is 0. The summed E-state index contributed by atoms with van der Waals surface area (Å²) in [4.78, 5) is 10.1. The van der Waals surface area contributed by atoms with Crippen LogP contribution in [0.1, 0.15) is 122 Å². The molecule has 0 amide bonds. The molecule has 1 aromatic rings. The Morgan fingerprint density at radius 3 is 0.782 bits per heavy atom. The van der Waals surface area contributed by atoms with E-state index in [2.05, 4.69) is 89.7 Å². The van der Waals surface area contributed by atoms with Crippen LogP contribution in [0.15, 0.2) is 24.3 Å². The van der Waals surface area contributed by atoms with Gasteiger partial charge in [0.2, 0.25) is 0 Å². The highest BCUT2D eigenvalue weighted by atomic mass is 28.5. The lowest BCUT2D eigenvalue weighted by Gasteiger charge is -2.45. The first-order chi connectivity index (χ1) is 36.8. The molecule has 0 radical (unpaired) electrons. The summed E-state index contributed by atoms with van der Waals surface area (Å²) in [7, 11) is -6.52. The van der Waals surface area contributed by atoms with Crippen molar-refractivity contribution in [1.29, 1.82) is 0 Å². The van der Waals surface area contributed by atoms with Gasteiger partial charge in [0.1, 0.15) is 0 Å². The molecular formula is C55H122O14Si9. The van der Waals surface area contributed by atoms with Crippen LogP contribution in [0.3, 0.4) is 0 Å². The van der Waals surface area contributed by atoms with Crippen LogP contribution in [0.25, 0.3) is 0 Å². The van der Waals surface area contributed by atoms with Crippen LogP contribution in [-0.4, -0.2) is 154 Å². The van der Waals surface area contributed by atoms with Crippen molar-refractivity contribution in [3.05, 3.63) is 24.3 Å². The molecule has 0 aromatic heterocycles. The smallest absolute Gasteiger partial charge is 0.417 e. The molecule has 0 saturated carbocycles. The molecule has 0 bridgehead atoms. The van der Waals surface area contributed by atoms with Crippen LogP contribution in [0.2, 0.25) is 120 Å². The van der Waals surface area contributed by atoms with Gasteiger partial charge >= 0.3 is 35.2 Å². The van der Waals surface area contributed by atoms with Crippen molar-refractivity contribution in [3.63, 3.8) is 0 Å². The maximum absolute atomic E-state index is 7.70. The van der Waals surface area contributed by atoms with E-state index in [0.29, 0.717) is 6.61 Å². The summed E-state index contributed by atoms with van der Waals surface area (Å²) in [6, 6.07) is 18.5. The van der Waals surface area contributed by atoms with E-state index in [1.54, 1.807) is 74.4 Å². The third kappa shape index (κ3) is 30.1. The third-order valence-electron chi connectivity index (χ3n) is 16.1. The van der Waals surface area contributed by atoms with Crippen LogP contribution >= 0.6 is 0 Å². The van der Waals surface area contributed by atoms with Crippen molar-refractivity contribution in [1.82, 2.24) is 0 Å². The number of benzene rings is 1. The Labute approximate surface area is 489 Å². The Kier molecular flexibility index (Phi) is 38.6. The second-order valence-corrected chi connectivity index (χ2v) is 60.2. The molecule has 0 atom stereocenters. The monoisotopic (exact) mass is 1260 g/mol. The summed E-state index contributed by atoms with van der Waals surface area (Å²) in [5.41, 5.74) is 0. The van der Waals surface area contributed by atoms with Gasteiger partial charge in [-0.25, -0.2) is 9.78 Å². The molecule has 0 N–H and O–H groups in total. The fourth-order valence-electron chi connectivity index (χ4n) is 10.9. The quantitative estimate of drug-likeness (QED) is 0.0265. The summed E-state index contributed by atoms with van der Waals surface area (Å²) < 4.78 is 75.6. The topological polar surface area (TPSA) is 129 Å². The summed E-state index contributed by atoms with van der Waals surface area (Å²) in [5, 5.41) is 3.23. The number of unbranched alkanes of at least 4 members (excludes halogenated alkanes) is 13. The normalized spacial score (nSPS) is 13.8. The molecule has 0 spiro atoms. The van der Waals surface area contributed by atoms with Gasteiger partial charge in [0.15, 0.2) is 25.0 Å². The number of rotatable bonds is 52. The van der Waals surface area contributed by atoms with Gasteiger partial charge in [-0.1, -0.05) is 156 Å². The molecule has 0 saturated heterocycles. The first-order valence-electron chi connectivity index (χ1n) is 30.2. The summed E-state index contributed by atoms with van der Waals surface area (Å²) >= 11 is 0. The first kappa shape index (κ1) is 76.6. The van der Waals surface area contributed by atoms with E-state index < -0.39 is 76.3 Å². The minimum absolute atomic E-state index is 0.623. The van der Waals surface area contributed by atoms with E-state index in [1.807, 2.05) is 6.92 Å². The van der Waals surface area contributed by atoms with E-state index in [4.69, 9.17) is 62.0 Å². The highest BCUT2D eigenvalue weighted by molar-refractivity contribution is 6.92. The molecule has 462 valence electrons. The van der Waals surface area contributed by atoms with Gasteiger partial charge in [-0.15, -0.1) is 0 Å². The lowest BCUT2D eigenvalue weighted by Crippen LogP contribution is -2.62. The zero-order chi connectivity index (χ0) is 58.9. The minimum Gasteiger partial charge on any atom is -0.417 e. The summed E-state index contributed by atoms with van der Waals surface area (Å²) in [6.07, 6.45) is 21.6. The van der Waals surface area contributed by atoms with Crippen molar-refractivity contribution in [2.45, 2.75) is 242 Å². The molecule has 0 fully saturated rings. The van der Waals surface area contributed by atoms with E-state index in [9.17, 15) is 0 Å². The minimum atomic E-state index is -3.30. The van der Waals surface area contributed by atoms with E-state index in [0.717, 1.165) is 87.4 Å². The standard InChI is InChI=1S/C55H122O14Si9/c1-21-65-66-44-33-29-25-23-22-24-26-30-34-45-70(11,12)54-40-42-55(43-41-54)71(13,14)46-35-31-27-28-32-36-50-78(67-72(15,16)47-37-51-75(56-2,57-3)58-4,68-73(17,18)48-38-52-76(59-5,60-6)61-7)69-74(19,20)49-39-53-77(62-8,63-9)64-10/h40-43H,21-39,44-53H2,1-20H3. The highest BCUT2D eigenvalue weighted by Crippen LogP contribution is 2.37. The second-order valence-electron chi connectivity index (χ2n) is 24.8. The van der Waals surface area contributed by atoms with E-state index in [-0.39, 0.29) is 0 Å². The molecule has 78 heavy (non-hydrogen) atoms. The predicted molar refractivity (Wildman–Crippen MR) is 346 cm³/mol. The molecule has 0 aliphatic carbocycles. The Morgan fingerprint density at radius 2 is 0.513 bits per heavy atom. The van der Waals surface area contributed by atoms with Crippen LogP contribution in [0.4, 0.5) is 0 Å². The van der Waals surface area contributed by atoms with Crippen LogP contribution in [0, 0.1) is 0 Å². The zero-order valence-corrected chi connectivity index (χ0v) is 63.0. The van der Waals surface area contributed by atoms with Gasteiger partial charge < -0.3 is 52.2 Å². The van der Waals surface area contributed by atoms with Gasteiger partial charge in [-0.05, 0) is 96.4 Å². The number of hydrogen-bond acceptors (Lipinski definition) is 14. The molecule has 23 heteroatoms. The molecule has 0 unspecified atom stereocenters. The molecular weight excluding hydrogens is 1140 g/mol. The van der Waals surface area contributed by atoms with Crippen molar-refractivity contribution in [2.24, 2.45) is 0 Å². The molecule has 1 aromatic carbocycles. The van der Waals surface area contributed by atoms with Gasteiger partial charge in [-0.3, -0.25) is 0 Å². The zero-order valence-electron chi connectivity index (χ0n) is 54.0. The maximum Gasteiger partial charge on any atom is 0.500 e. The summed E-state index contributed by atoms with van der Waals surface area (Å²) in [6.45, 7) is 27.6. The molecule has 0 aliphatic heterocycles. The Balaban J connectivity index is 3.12. The Hall–Kier alpha value is 0.612. The lowest BCUT2D eigenvalue weighted by atomic mass is 10.1. The van der Waals surface area contributed by atoms with Gasteiger partial charge in [0, 0.05) is 88.2 Å². The Morgan fingerprint density at radius 1 is 0.269 bits per heavy atom. The molecule has 0 aliphatic rings. The van der Waals surface area contributed by atoms with Crippen molar-refractivity contribution >= 4 is 86.7 Å². The second kappa shape index (κ2) is 39.3. The molecule has 14 nitrogen and oxygen atoms in total. The fourth-order valence-corrected chi connectivity index (χ4v) is 40.0. The molecule has 1 rings (SSSR count). The lowest BCUT2D eigenvalue weighted by molar-refractivity contribution is -0.291. The van der Waals surface area contributed by atoms with Crippen molar-refractivity contribution in [2.75, 3.05) is 77.2 Å². The van der Waals surface area contributed by atoms with Crippen molar-refractivity contribution in [3.8, 4) is 0 Å². The highest BCUT2D eigenvalue weighted by Gasteiger charge is 2.53. The van der Waals surface area contributed by atoms with E-state index >= 15 is 0 Å². The van der Waals surface area contributed by atoms with Crippen molar-refractivity contribution < 1.29 is 62.0 Å². The average Bonchev–Trinajstić information content (AvgIpc) is 3.40. The maximum atomic E-state index is 7.70. The molecule has 0 heterocycles. The fraction of sp³-hybridized carbons (Fsp3) is 0.891.